The summed E-state index contributed by atoms with van der Waals surface area (Å²) in [6.45, 7) is 5.51. The maximum Gasteiger partial charge on any atom is 0.248 e. The summed E-state index contributed by atoms with van der Waals surface area (Å²) in [4.78, 5) is 10.7. The highest BCUT2D eigenvalue weighted by Gasteiger charge is 2.12. The standard InChI is InChI=1S/C17H25N5O3.HI/c1-6-18-17(19-10-16-20-12(2)21-25-16)22(3)11-13-7-8-14(23-4)9-15(13)24-5;/h7-9H,6,10-11H2,1-5H3,(H,18,19);1H. The zero-order chi connectivity index (χ0) is 18.2. The molecule has 0 bridgehead atoms. The number of aromatic nitrogens is 2. The number of rotatable bonds is 7. The Morgan fingerprint density at radius 3 is 2.65 bits per heavy atom. The number of nitrogens with zero attached hydrogens (tertiary/aromatic N) is 4. The van der Waals surface area contributed by atoms with Crippen LogP contribution in [0.4, 0.5) is 0 Å². The lowest BCUT2D eigenvalue weighted by molar-refractivity contribution is 0.373. The fourth-order valence-corrected chi connectivity index (χ4v) is 2.33. The highest BCUT2D eigenvalue weighted by molar-refractivity contribution is 14.0. The number of halogens is 1. The summed E-state index contributed by atoms with van der Waals surface area (Å²) in [6.07, 6.45) is 0. The van der Waals surface area contributed by atoms with Gasteiger partial charge in [-0.05, 0) is 26.0 Å². The number of aryl methyl sites for hydroxylation is 1. The number of aliphatic imine (C=N–C) groups is 1. The Bertz CT molecular complexity index is 720. The largest absolute Gasteiger partial charge is 0.497 e. The van der Waals surface area contributed by atoms with Crippen LogP contribution in [-0.4, -0.2) is 48.8 Å². The fraction of sp³-hybridized carbons (Fsp3) is 0.471. The summed E-state index contributed by atoms with van der Waals surface area (Å²) in [7, 11) is 5.25. The molecule has 0 amide bonds. The zero-order valence-corrected chi connectivity index (χ0v) is 18.1. The van der Waals surface area contributed by atoms with Crippen molar-refractivity contribution in [3.8, 4) is 11.5 Å². The molecule has 2 aromatic rings. The summed E-state index contributed by atoms with van der Waals surface area (Å²) in [6, 6.07) is 5.77. The summed E-state index contributed by atoms with van der Waals surface area (Å²) in [5, 5.41) is 7.03. The fourth-order valence-electron chi connectivity index (χ4n) is 2.33. The first-order valence-electron chi connectivity index (χ1n) is 8.06. The third-order valence-electron chi connectivity index (χ3n) is 3.53. The van der Waals surface area contributed by atoms with E-state index in [1.165, 1.54) is 0 Å². The van der Waals surface area contributed by atoms with Crippen LogP contribution in [0.15, 0.2) is 27.7 Å². The molecule has 0 saturated heterocycles. The summed E-state index contributed by atoms with van der Waals surface area (Å²) < 4.78 is 15.8. The third kappa shape index (κ3) is 6.04. The van der Waals surface area contributed by atoms with Crippen molar-refractivity contribution in [2.24, 2.45) is 4.99 Å². The molecule has 0 radical (unpaired) electrons. The quantitative estimate of drug-likeness (QED) is 0.375. The van der Waals surface area contributed by atoms with E-state index in [1.807, 2.05) is 37.1 Å². The van der Waals surface area contributed by atoms with Crippen LogP contribution in [0.1, 0.15) is 24.2 Å². The van der Waals surface area contributed by atoms with E-state index in [0.717, 1.165) is 29.6 Å². The van der Waals surface area contributed by atoms with Crippen molar-refractivity contribution in [3.63, 3.8) is 0 Å². The van der Waals surface area contributed by atoms with Crippen LogP contribution < -0.4 is 14.8 Å². The minimum atomic E-state index is 0. The highest BCUT2D eigenvalue weighted by atomic mass is 127. The van der Waals surface area contributed by atoms with Crippen molar-refractivity contribution >= 4 is 29.9 Å². The van der Waals surface area contributed by atoms with E-state index in [4.69, 9.17) is 14.0 Å². The van der Waals surface area contributed by atoms with Gasteiger partial charge in [0.1, 0.15) is 18.0 Å². The normalized spacial score (nSPS) is 10.9. The Hall–Kier alpha value is -2.04. The number of hydrogen-bond acceptors (Lipinski definition) is 6. The van der Waals surface area contributed by atoms with Crippen LogP contribution >= 0.6 is 24.0 Å². The highest BCUT2D eigenvalue weighted by Crippen LogP contribution is 2.25. The molecule has 1 heterocycles. The molecule has 2 rings (SSSR count). The monoisotopic (exact) mass is 475 g/mol. The van der Waals surface area contributed by atoms with E-state index < -0.39 is 0 Å². The van der Waals surface area contributed by atoms with Crippen LogP contribution in [0, 0.1) is 6.92 Å². The zero-order valence-electron chi connectivity index (χ0n) is 15.8. The van der Waals surface area contributed by atoms with E-state index in [0.29, 0.717) is 24.8 Å². The molecule has 0 aliphatic heterocycles. The SMILES string of the molecule is CCNC(=NCc1nc(C)no1)N(C)Cc1ccc(OC)cc1OC.I. The topological polar surface area (TPSA) is 85.0 Å². The van der Waals surface area contributed by atoms with Gasteiger partial charge in [0.2, 0.25) is 5.89 Å². The van der Waals surface area contributed by atoms with Crippen LogP contribution in [-0.2, 0) is 13.1 Å². The number of guanidine groups is 1. The predicted molar refractivity (Wildman–Crippen MR) is 110 cm³/mol. The average Bonchev–Trinajstić information content (AvgIpc) is 3.04. The average molecular weight is 475 g/mol. The number of ether oxygens (including phenoxy) is 2. The molecule has 26 heavy (non-hydrogen) atoms. The Balaban J connectivity index is 0.00000338. The number of methoxy groups -OCH3 is 2. The molecule has 0 atom stereocenters. The van der Waals surface area contributed by atoms with E-state index in [-0.39, 0.29) is 24.0 Å². The molecule has 1 aromatic carbocycles. The second kappa shape index (κ2) is 10.8. The van der Waals surface area contributed by atoms with E-state index >= 15 is 0 Å². The van der Waals surface area contributed by atoms with Crippen LogP contribution in [0.3, 0.4) is 0 Å². The van der Waals surface area contributed by atoms with Gasteiger partial charge >= 0.3 is 0 Å². The minimum Gasteiger partial charge on any atom is -0.497 e. The molecule has 8 nitrogen and oxygen atoms in total. The summed E-state index contributed by atoms with van der Waals surface area (Å²) in [5.41, 5.74) is 1.03. The number of nitrogens with one attached hydrogen (secondary N) is 1. The molecule has 0 aliphatic carbocycles. The van der Waals surface area contributed by atoms with Crippen molar-refractivity contribution in [1.82, 2.24) is 20.4 Å². The van der Waals surface area contributed by atoms with Gasteiger partial charge in [0, 0.05) is 31.8 Å². The van der Waals surface area contributed by atoms with Crippen LogP contribution in [0.5, 0.6) is 11.5 Å². The molecule has 0 saturated carbocycles. The molecule has 0 aliphatic rings. The number of benzene rings is 1. The van der Waals surface area contributed by atoms with Crippen molar-refractivity contribution in [1.29, 1.82) is 0 Å². The second-order valence-corrected chi connectivity index (χ2v) is 5.44. The van der Waals surface area contributed by atoms with Gasteiger partial charge in [0.15, 0.2) is 11.8 Å². The molecule has 9 heteroatoms. The Kier molecular flexibility index (Phi) is 9.17. The van der Waals surface area contributed by atoms with Gasteiger partial charge in [-0.25, -0.2) is 4.99 Å². The molecule has 0 spiro atoms. The van der Waals surface area contributed by atoms with Gasteiger partial charge in [-0.15, -0.1) is 24.0 Å². The molecule has 1 aromatic heterocycles. The smallest absolute Gasteiger partial charge is 0.248 e. The van der Waals surface area contributed by atoms with Crippen molar-refractivity contribution < 1.29 is 14.0 Å². The second-order valence-electron chi connectivity index (χ2n) is 5.44. The first-order valence-corrected chi connectivity index (χ1v) is 8.06. The van der Waals surface area contributed by atoms with Gasteiger partial charge in [0.05, 0.1) is 14.2 Å². The Morgan fingerprint density at radius 1 is 1.31 bits per heavy atom. The van der Waals surface area contributed by atoms with Crippen molar-refractivity contribution in [2.45, 2.75) is 26.9 Å². The van der Waals surface area contributed by atoms with Gasteiger partial charge < -0.3 is 24.2 Å². The molecular formula is C17H26IN5O3. The first kappa shape index (κ1) is 22.0. The molecule has 0 fully saturated rings. The minimum absolute atomic E-state index is 0. The van der Waals surface area contributed by atoms with E-state index in [1.54, 1.807) is 21.1 Å². The maximum atomic E-state index is 5.46. The molecule has 144 valence electrons. The number of hydrogen-bond donors (Lipinski definition) is 1. The molecule has 0 unspecified atom stereocenters. The first-order chi connectivity index (χ1) is 12.1. The van der Waals surface area contributed by atoms with E-state index in [2.05, 4.69) is 20.4 Å². The lowest BCUT2D eigenvalue weighted by Gasteiger charge is -2.23. The van der Waals surface area contributed by atoms with E-state index in [9.17, 15) is 0 Å². The third-order valence-corrected chi connectivity index (χ3v) is 3.53. The van der Waals surface area contributed by atoms with Crippen molar-refractivity contribution in [3.05, 3.63) is 35.5 Å². The summed E-state index contributed by atoms with van der Waals surface area (Å²) >= 11 is 0. The predicted octanol–water partition coefficient (Wildman–Crippen LogP) is 2.61. The van der Waals surface area contributed by atoms with Crippen molar-refractivity contribution in [2.75, 3.05) is 27.8 Å². The van der Waals surface area contributed by atoms with Gasteiger partial charge in [-0.3, -0.25) is 0 Å². The van der Waals surface area contributed by atoms with Gasteiger partial charge in [0.25, 0.3) is 0 Å². The van der Waals surface area contributed by atoms with Crippen LogP contribution in [0.2, 0.25) is 0 Å². The Labute approximate surface area is 171 Å². The lowest BCUT2D eigenvalue weighted by atomic mass is 10.2. The Morgan fingerprint density at radius 2 is 2.08 bits per heavy atom. The maximum absolute atomic E-state index is 5.46. The van der Waals surface area contributed by atoms with Gasteiger partial charge in [-0.1, -0.05) is 5.16 Å². The summed E-state index contributed by atoms with van der Waals surface area (Å²) in [5.74, 6) is 3.37. The molecular weight excluding hydrogens is 449 g/mol. The molecule has 1 N–H and O–H groups in total. The van der Waals surface area contributed by atoms with Crippen LogP contribution in [0.25, 0.3) is 0 Å². The lowest BCUT2D eigenvalue weighted by Crippen LogP contribution is -2.38. The van der Waals surface area contributed by atoms with Gasteiger partial charge in [-0.2, -0.15) is 4.98 Å².